The molecular weight excluding hydrogens is 301 g/mol. The molecule has 0 amide bonds. The second-order valence-electron chi connectivity index (χ2n) is 6.18. The number of benzene rings is 2. The Bertz CT molecular complexity index is 629. The van der Waals surface area contributed by atoms with Gasteiger partial charge in [0.15, 0.2) is 0 Å². The van der Waals surface area contributed by atoms with E-state index < -0.39 is 0 Å². The first kappa shape index (κ1) is 18.3. The summed E-state index contributed by atoms with van der Waals surface area (Å²) >= 11 is 0. The molecule has 1 atom stereocenters. The van der Waals surface area contributed by atoms with Crippen LogP contribution >= 0.6 is 0 Å². The van der Waals surface area contributed by atoms with Crippen LogP contribution in [0.2, 0.25) is 0 Å². The lowest BCUT2D eigenvalue weighted by atomic mass is 9.98. The van der Waals surface area contributed by atoms with E-state index in [1.54, 1.807) is 13.2 Å². The van der Waals surface area contributed by atoms with Crippen LogP contribution in [0.15, 0.2) is 48.5 Å². The smallest absolute Gasteiger partial charge is 0.146 e. The third-order valence-corrected chi connectivity index (χ3v) is 4.49. The Hall–Kier alpha value is -2.03. The van der Waals surface area contributed by atoms with Gasteiger partial charge in [-0.25, -0.2) is 4.39 Å². The average molecular weight is 329 g/mol. The fourth-order valence-corrected chi connectivity index (χ4v) is 2.97. The van der Waals surface area contributed by atoms with Crippen molar-refractivity contribution in [1.29, 1.82) is 0 Å². The van der Waals surface area contributed by atoms with Crippen molar-refractivity contribution in [3.8, 4) is 5.75 Å². The van der Waals surface area contributed by atoms with Crippen molar-refractivity contribution in [2.45, 2.75) is 39.5 Å². The molecule has 2 aromatic carbocycles. The molecule has 0 saturated heterocycles. The normalized spacial score (nSPS) is 12.0. The van der Waals surface area contributed by atoms with Crippen molar-refractivity contribution >= 4 is 11.4 Å². The van der Waals surface area contributed by atoms with E-state index in [9.17, 15) is 4.39 Å². The molecule has 3 heteroatoms. The van der Waals surface area contributed by atoms with Gasteiger partial charge in [-0.05, 0) is 36.6 Å². The fraction of sp³-hybridized carbons (Fsp3) is 0.429. The zero-order valence-electron chi connectivity index (χ0n) is 15.0. The molecule has 0 heterocycles. The lowest BCUT2D eigenvalue weighted by molar-refractivity contribution is 0.414. The van der Waals surface area contributed by atoms with Gasteiger partial charge in [0.25, 0.3) is 0 Å². The lowest BCUT2D eigenvalue weighted by Gasteiger charge is -2.30. The van der Waals surface area contributed by atoms with Gasteiger partial charge in [-0.1, -0.05) is 51.3 Å². The molecule has 2 rings (SSSR count). The third kappa shape index (κ3) is 4.73. The highest BCUT2D eigenvalue weighted by atomic mass is 19.1. The van der Waals surface area contributed by atoms with Crippen molar-refractivity contribution in [1.82, 2.24) is 0 Å². The molecular formula is C21H28FNO. The Labute approximate surface area is 145 Å². The van der Waals surface area contributed by atoms with Gasteiger partial charge < -0.3 is 9.64 Å². The van der Waals surface area contributed by atoms with Crippen LogP contribution < -0.4 is 9.64 Å². The number of hydrogen-bond donors (Lipinski definition) is 0. The van der Waals surface area contributed by atoms with Crippen molar-refractivity contribution in [3.63, 3.8) is 0 Å². The molecule has 130 valence electrons. The molecule has 0 aliphatic rings. The van der Waals surface area contributed by atoms with E-state index in [4.69, 9.17) is 4.74 Å². The zero-order valence-corrected chi connectivity index (χ0v) is 15.0. The molecule has 2 nitrogen and oxygen atoms in total. The molecule has 0 fully saturated rings. The minimum absolute atomic E-state index is 0.189. The molecule has 2 aromatic rings. The van der Waals surface area contributed by atoms with E-state index >= 15 is 0 Å². The monoisotopic (exact) mass is 329 g/mol. The summed E-state index contributed by atoms with van der Waals surface area (Å²) in [6.07, 6.45) is 4.66. The van der Waals surface area contributed by atoms with E-state index in [1.165, 1.54) is 25.3 Å². The summed E-state index contributed by atoms with van der Waals surface area (Å²) in [6.45, 7) is 5.24. The highest BCUT2D eigenvalue weighted by Gasteiger charge is 2.18. The predicted octanol–water partition coefficient (Wildman–Crippen LogP) is 6.19. The summed E-state index contributed by atoms with van der Waals surface area (Å²) in [7, 11) is 1.66. The average Bonchev–Trinajstić information content (AvgIpc) is 2.63. The number of anilines is 2. The van der Waals surface area contributed by atoms with E-state index in [2.05, 4.69) is 18.7 Å². The van der Waals surface area contributed by atoms with Gasteiger partial charge in [0.05, 0.1) is 12.8 Å². The molecule has 0 N–H and O–H groups in total. The summed E-state index contributed by atoms with van der Waals surface area (Å²) in [4.78, 5) is 2.08. The summed E-state index contributed by atoms with van der Waals surface area (Å²) in [6, 6.07) is 14.8. The Morgan fingerprint density at radius 1 is 1.08 bits per heavy atom. The van der Waals surface area contributed by atoms with Crippen LogP contribution in [0.1, 0.15) is 39.5 Å². The Morgan fingerprint density at radius 3 is 2.54 bits per heavy atom. The SMILES string of the molecule is CCCCC(CC)CN(c1cccc(OC)c1)c1ccccc1F. The predicted molar refractivity (Wildman–Crippen MR) is 99.7 cm³/mol. The minimum Gasteiger partial charge on any atom is -0.497 e. The zero-order chi connectivity index (χ0) is 17.4. The van der Waals surface area contributed by atoms with Crippen molar-refractivity contribution in [2.24, 2.45) is 5.92 Å². The molecule has 0 aliphatic carbocycles. The largest absolute Gasteiger partial charge is 0.497 e. The Kier molecular flexibility index (Phi) is 7.10. The maximum absolute atomic E-state index is 14.4. The Balaban J connectivity index is 2.35. The lowest BCUT2D eigenvalue weighted by Crippen LogP contribution is -2.25. The number of methoxy groups -OCH3 is 1. The minimum atomic E-state index is -0.189. The topological polar surface area (TPSA) is 12.5 Å². The number of ether oxygens (including phenoxy) is 1. The van der Waals surface area contributed by atoms with E-state index in [-0.39, 0.29) is 5.82 Å². The first-order valence-corrected chi connectivity index (χ1v) is 8.85. The van der Waals surface area contributed by atoms with Gasteiger partial charge >= 0.3 is 0 Å². The highest BCUT2D eigenvalue weighted by Crippen LogP contribution is 2.32. The van der Waals surface area contributed by atoms with Gasteiger partial charge in [-0.2, -0.15) is 0 Å². The van der Waals surface area contributed by atoms with Crippen LogP contribution in [0.25, 0.3) is 0 Å². The van der Waals surface area contributed by atoms with Crippen LogP contribution in [-0.2, 0) is 0 Å². The van der Waals surface area contributed by atoms with Crippen LogP contribution in [0.4, 0.5) is 15.8 Å². The summed E-state index contributed by atoms with van der Waals surface area (Å²) < 4.78 is 19.8. The number of hydrogen-bond acceptors (Lipinski definition) is 2. The van der Waals surface area contributed by atoms with Crippen LogP contribution in [-0.4, -0.2) is 13.7 Å². The number of unbranched alkanes of at least 4 members (excludes halogenated alkanes) is 1. The number of para-hydroxylation sites is 1. The fourth-order valence-electron chi connectivity index (χ4n) is 2.97. The quantitative estimate of drug-likeness (QED) is 0.544. The molecule has 0 aromatic heterocycles. The van der Waals surface area contributed by atoms with Crippen molar-refractivity contribution < 1.29 is 9.13 Å². The highest BCUT2D eigenvalue weighted by molar-refractivity contribution is 5.65. The number of rotatable bonds is 9. The van der Waals surface area contributed by atoms with Gasteiger partial charge in [-0.15, -0.1) is 0 Å². The van der Waals surface area contributed by atoms with Crippen LogP contribution in [0, 0.1) is 11.7 Å². The molecule has 0 aliphatic heterocycles. The maximum Gasteiger partial charge on any atom is 0.146 e. The van der Waals surface area contributed by atoms with E-state index in [1.807, 2.05) is 36.4 Å². The summed E-state index contributed by atoms with van der Waals surface area (Å²) in [5.41, 5.74) is 1.59. The first-order chi connectivity index (χ1) is 11.7. The van der Waals surface area contributed by atoms with Crippen LogP contribution in [0.5, 0.6) is 5.75 Å². The van der Waals surface area contributed by atoms with Gasteiger partial charge in [0.2, 0.25) is 0 Å². The third-order valence-electron chi connectivity index (χ3n) is 4.49. The van der Waals surface area contributed by atoms with Crippen molar-refractivity contribution in [3.05, 3.63) is 54.3 Å². The maximum atomic E-state index is 14.4. The summed E-state index contributed by atoms with van der Waals surface area (Å²) in [5, 5.41) is 0. The molecule has 0 radical (unpaired) electrons. The van der Waals surface area contributed by atoms with Crippen molar-refractivity contribution in [2.75, 3.05) is 18.6 Å². The number of halogens is 1. The molecule has 1 unspecified atom stereocenters. The summed E-state index contributed by atoms with van der Waals surface area (Å²) in [5.74, 6) is 1.14. The molecule has 0 spiro atoms. The second kappa shape index (κ2) is 9.31. The van der Waals surface area contributed by atoms with Gasteiger partial charge in [0.1, 0.15) is 11.6 Å². The first-order valence-electron chi connectivity index (χ1n) is 8.85. The molecule has 0 bridgehead atoms. The Morgan fingerprint density at radius 2 is 1.88 bits per heavy atom. The van der Waals surface area contributed by atoms with E-state index in [0.717, 1.165) is 24.4 Å². The molecule has 24 heavy (non-hydrogen) atoms. The molecule has 0 saturated carbocycles. The van der Waals surface area contributed by atoms with Gasteiger partial charge in [0, 0.05) is 18.3 Å². The standard InChI is InChI=1S/C21H28FNO/c1-4-6-10-17(5-2)16-23(21-14-8-7-13-20(21)22)18-11-9-12-19(15-18)24-3/h7-9,11-15,17H,4-6,10,16H2,1-3H3. The second-order valence-corrected chi connectivity index (χ2v) is 6.18. The number of nitrogens with zero attached hydrogens (tertiary/aromatic N) is 1. The van der Waals surface area contributed by atoms with Crippen LogP contribution in [0.3, 0.4) is 0 Å². The van der Waals surface area contributed by atoms with E-state index in [0.29, 0.717) is 11.6 Å². The van der Waals surface area contributed by atoms with Gasteiger partial charge in [-0.3, -0.25) is 0 Å².